The Morgan fingerprint density at radius 2 is 1.88 bits per heavy atom. The van der Waals surface area contributed by atoms with Gasteiger partial charge in [0.1, 0.15) is 5.69 Å². The number of hydrazine groups is 1. The smallest absolute Gasteiger partial charge is 0.278 e. The third kappa shape index (κ3) is 2.69. The quantitative estimate of drug-likeness (QED) is 0.494. The van der Waals surface area contributed by atoms with E-state index in [0.29, 0.717) is 5.82 Å². The molecule has 2 rings (SSSR count). The first-order valence-corrected chi connectivity index (χ1v) is 4.66. The van der Waals surface area contributed by atoms with Gasteiger partial charge in [-0.25, -0.2) is 25.8 Å². The second-order valence-electron chi connectivity index (χ2n) is 2.96. The van der Waals surface area contributed by atoms with Crippen LogP contribution in [0.4, 0.5) is 11.8 Å². The summed E-state index contributed by atoms with van der Waals surface area (Å²) >= 11 is 0. The molecule has 8 heteroatoms. The van der Waals surface area contributed by atoms with E-state index in [2.05, 4.69) is 30.7 Å². The van der Waals surface area contributed by atoms with E-state index >= 15 is 0 Å². The molecule has 4 N–H and O–H groups in total. The molecule has 1 amide bonds. The van der Waals surface area contributed by atoms with Crippen molar-refractivity contribution in [3.63, 3.8) is 0 Å². The minimum Gasteiger partial charge on any atom is -0.307 e. The Balaban J connectivity index is 2.09. The predicted octanol–water partition coefficient (Wildman–Crippen LogP) is -0.196. The molecule has 2 heterocycles. The van der Waals surface area contributed by atoms with Crippen molar-refractivity contribution in [2.24, 2.45) is 5.84 Å². The van der Waals surface area contributed by atoms with Crippen molar-refractivity contribution in [2.45, 2.75) is 0 Å². The van der Waals surface area contributed by atoms with Crippen LogP contribution in [0, 0.1) is 0 Å². The van der Waals surface area contributed by atoms with Gasteiger partial charge in [0, 0.05) is 12.4 Å². The maximum absolute atomic E-state index is 11.7. The molecule has 0 atom stereocenters. The van der Waals surface area contributed by atoms with Gasteiger partial charge in [-0.3, -0.25) is 10.1 Å². The maximum Gasteiger partial charge on any atom is 0.278 e. The summed E-state index contributed by atoms with van der Waals surface area (Å²) < 4.78 is 0. The lowest BCUT2D eigenvalue weighted by atomic mass is 10.4. The second kappa shape index (κ2) is 4.94. The van der Waals surface area contributed by atoms with Crippen LogP contribution in [0.1, 0.15) is 10.5 Å². The summed E-state index contributed by atoms with van der Waals surface area (Å²) in [5.74, 6) is 5.27. The first kappa shape index (κ1) is 10.9. The van der Waals surface area contributed by atoms with E-state index in [-0.39, 0.29) is 11.6 Å². The fourth-order valence-electron chi connectivity index (χ4n) is 1.05. The lowest BCUT2D eigenvalue weighted by molar-refractivity contribution is 0.102. The Kier molecular flexibility index (Phi) is 3.17. The molecule has 0 aromatic carbocycles. The van der Waals surface area contributed by atoms with Gasteiger partial charge in [-0.1, -0.05) is 0 Å². The van der Waals surface area contributed by atoms with E-state index in [1.54, 1.807) is 6.07 Å². The number of rotatable bonds is 3. The number of anilines is 2. The molecule has 0 bridgehead atoms. The van der Waals surface area contributed by atoms with Crippen molar-refractivity contribution in [1.82, 2.24) is 19.9 Å². The van der Waals surface area contributed by atoms with Crippen LogP contribution in [0.25, 0.3) is 0 Å². The fraction of sp³-hybridized carbons (Fsp3) is 0. The molecule has 2 aromatic rings. The highest BCUT2D eigenvalue weighted by Crippen LogP contribution is 2.02. The standard InChI is InChI=1S/C9H9N7O/c10-16-7-5-13-6(4-14-7)8(17)15-9-11-2-1-3-12-9/h1-5H,10H2,(H,14,16)(H,11,12,15,17). The first-order chi connectivity index (χ1) is 8.29. The monoisotopic (exact) mass is 231 g/mol. The number of nitrogens with two attached hydrogens (primary N) is 1. The van der Waals surface area contributed by atoms with Crippen LogP contribution >= 0.6 is 0 Å². The predicted molar refractivity (Wildman–Crippen MR) is 59.8 cm³/mol. The van der Waals surface area contributed by atoms with Crippen LogP contribution in [-0.4, -0.2) is 25.8 Å². The lowest BCUT2D eigenvalue weighted by Gasteiger charge is -2.02. The van der Waals surface area contributed by atoms with Crippen LogP contribution in [0.3, 0.4) is 0 Å². The number of carbonyl (C=O) groups is 1. The normalized spacial score (nSPS) is 9.71. The van der Waals surface area contributed by atoms with Gasteiger partial charge in [0.15, 0.2) is 5.82 Å². The van der Waals surface area contributed by atoms with Crippen molar-refractivity contribution < 1.29 is 4.79 Å². The summed E-state index contributed by atoms with van der Waals surface area (Å²) in [4.78, 5) is 27.1. The highest BCUT2D eigenvalue weighted by atomic mass is 16.2. The summed E-state index contributed by atoms with van der Waals surface area (Å²) in [5.41, 5.74) is 2.46. The zero-order valence-electron chi connectivity index (χ0n) is 8.66. The van der Waals surface area contributed by atoms with Gasteiger partial charge in [-0.2, -0.15) is 0 Å². The van der Waals surface area contributed by atoms with Crippen LogP contribution < -0.4 is 16.6 Å². The zero-order chi connectivity index (χ0) is 12.1. The molecule has 0 spiro atoms. The molecular formula is C9H9N7O. The van der Waals surface area contributed by atoms with Gasteiger partial charge in [-0.05, 0) is 6.07 Å². The second-order valence-corrected chi connectivity index (χ2v) is 2.96. The SMILES string of the molecule is NNc1cnc(C(=O)Nc2ncccn2)cn1. The molecule has 2 aromatic heterocycles. The third-order valence-corrected chi connectivity index (χ3v) is 1.82. The van der Waals surface area contributed by atoms with Gasteiger partial charge in [0.2, 0.25) is 5.95 Å². The molecule has 0 radical (unpaired) electrons. The van der Waals surface area contributed by atoms with Crippen LogP contribution in [0.15, 0.2) is 30.9 Å². The molecule has 17 heavy (non-hydrogen) atoms. The topological polar surface area (TPSA) is 119 Å². The Morgan fingerprint density at radius 3 is 2.47 bits per heavy atom. The number of hydrogen-bond acceptors (Lipinski definition) is 7. The summed E-state index contributed by atoms with van der Waals surface area (Å²) in [6.07, 6.45) is 5.69. The zero-order valence-corrected chi connectivity index (χ0v) is 8.66. The van der Waals surface area contributed by atoms with Gasteiger partial charge in [0.05, 0.1) is 12.4 Å². The van der Waals surface area contributed by atoms with Gasteiger partial charge in [0.25, 0.3) is 5.91 Å². The van der Waals surface area contributed by atoms with Gasteiger partial charge < -0.3 is 5.43 Å². The Hall–Kier alpha value is -2.61. The van der Waals surface area contributed by atoms with Crippen molar-refractivity contribution in [1.29, 1.82) is 0 Å². The molecule has 0 fully saturated rings. The Labute approximate surface area is 96.3 Å². The summed E-state index contributed by atoms with van der Waals surface area (Å²) in [6, 6.07) is 1.65. The Bertz CT molecular complexity index is 499. The first-order valence-electron chi connectivity index (χ1n) is 4.66. The van der Waals surface area contributed by atoms with E-state index in [9.17, 15) is 4.79 Å². The van der Waals surface area contributed by atoms with Crippen LogP contribution in [0.5, 0.6) is 0 Å². The summed E-state index contributed by atoms with van der Waals surface area (Å²) in [6.45, 7) is 0. The average Bonchev–Trinajstić information content (AvgIpc) is 2.40. The van der Waals surface area contributed by atoms with Crippen molar-refractivity contribution in [2.75, 3.05) is 10.7 Å². The largest absolute Gasteiger partial charge is 0.307 e. The molecule has 86 valence electrons. The number of amides is 1. The van der Waals surface area contributed by atoms with Crippen LogP contribution in [-0.2, 0) is 0 Å². The highest BCUT2D eigenvalue weighted by Gasteiger charge is 2.09. The number of nitrogens with one attached hydrogen (secondary N) is 2. The highest BCUT2D eigenvalue weighted by molar-refractivity contribution is 6.01. The van der Waals surface area contributed by atoms with E-state index in [1.165, 1.54) is 24.8 Å². The molecule has 0 aliphatic rings. The molecule has 8 nitrogen and oxygen atoms in total. The van der Waals surface area contributed by atoms with E-state index in [0.717, 1.165) is 0 Å². The number of aromatic nitrogens is 4. The lowest BCUT2D eigenvalue weighted by Crippen LogP contribution is -2.16. The van der Waals surface area contributed by atoms with Crippen molar-refractivity contribution in [3.8, 4) is 0 Å². The third-order valence-electron chi connectivity index (χ3n) is 1.82. The molecule has 0 saturated heterocycles. The summed E-state index contributed by atoms with van der Waals surface area (Å²) in [7, 11) is 0. The minimum atomic E-state index is -0.438. The molecular weight excluding hydrogens is 222 g/mol. The minimum absolute atomic E-state index is 0.149. The van der Waals surface area contributed by atoms with Gasteiger partial charge in [-0.15, -0.1) is 0 Å². The van der Waals surface area contributed by atoms with Crippen molar-refractivity contribution in [3.05, 3.63) is 36.5 Å². The Morgan fingerprint density at radius 1 is 1.12 bits per heavy atom. The maximum atomic E-state index is 11.7. The van der Waals surface area contributed by atoms with E-state index in [1.807, 2.05) is 0 Å². The number of nitrogens with zero attached hydrogens (tertiary/aromatic N) is 4. The van der Waals surface area contributed by atoms with Gasteiger partial charge >= 0.3 is 0 Å². The summed E-state index contributed by atoms with van der Waals surface area (Å²) in [5, 5.41) is 2.48. The number of carbonyl (C=O) groups excluding carboxylic acids is 1. The number of nitrogen functional groups attached to an aromatic ring is 1. The average molecular weight is 231 g/mol. The molecule has 0 unspecified atom stereocenters. The van der Waals surface area contributed by atoms with Crippen LogP contribution in [0.2, 0.25) is 0 Å². The number of hydrogen-bond donors (Lipinski definition) is 3. The molecule has 0 saturated carbocycles. The molecule has 0 aliphatic carbocycles. The fourth-order valence-corrected chi connectivity index (χ4v) is 1.05. The van der Waals surface area contributed by atoms with E-state index < -0.39 is 5.91 Å². The molecule has 0 aliphatic heterocycles. The van der Waals surface area contributed by atoms with Crippen molar-refractivity contribution >= 4 is 17.7 Å². The van der Waals surface area contributed by atoms with E-state index in [4.69, 9.17) is 5.84 Å².